The number of nitrogens with zero attached hydrogens (tertiary/aromatic N) is 2. The van der Waals surface area contributed by atoms with Crippen LogP contribution in [-0.4, -0.2) is 37.6 Å². The average Bonchev–Trinajstić information content (AvgIpc) is 2.66. The first-order valence-electron chi connectivity index (χ1n) is 9.08. The molecule has 156 valence electrons. The van der Waals surface area contributed by atoms with Gasteiger partial charge in [0, 0.05) is 12.7 Å². The fourth-order valence-electron chi connectivity index (χ4n) is 2.76. The van der Waals surface area contributed by atoms with E-state index in [2.05, 4.69) is 20.8 Å². The maximum Gasteiger partial charge on any atom is 0.333 e. The predicted molar refractivity (Wildman–Crippen MR) is 109 cm³/mol. The molecule has 0 aliphatic heterocycles. The third-order valence-electron chi connectivity index (χ3n) is 4.24. The fourth-order valence-corrected chi connectivity index (χ4v) is 3.59. The van der Waals surface area contributed by atoms with E-state index in [1.165, 1.54) is 7.05 Å². The summed E-state index contributed by atoms with van der Waals surface area (Å²) < 4.78 is 27.0. The van der Waals surface area contributed by atoms with Gasteiger partial charge in [-0.25, -0.2) is 9.52 Å². The fraction of sp³-hybridized carbons (Fsp3) is 0.368. The first-order chi connectivity index (χ1) is 13.6. The van der Waals surface area contributed by atoms with Crippen molar-refractivity contribution >= 4 is 27.6 Å². The number of carbonyl (C=O) groups is 2. The van der Waals surface area contributed by atoms with Crippen molar-refractivity contribution in [3.05, 3.63) is 47.2 Å². The minimum atomic E-state index is -4.33. The Kier molecular flexibility index (Phi) is 6.91. The quantitative estimate of drug-likeness (QED) is 0.660. The van der Waals surface area contributed by atoms with Crippen molar-refractivity contribution in [3.8, 4) is 0 Å². The van der Waals surface area contributed by atoms with Crippen LogP contribution in [0.15, 0.2) is 35.5 Å². The number of rotatable bonds is 6. The van der Waals surface area contributed by atoms with Crippen molar-refractivity contribution in [2.45, 2.75) is 44.6 Å². The van der Waals surface area contributed by atoms with Crippen LogP contribution in [0.3, 0.4) is 0 Å². The number of benzene rings is 1. The van der Waals surface area contributed by atoms with Gasteiger partial charge in [0.15, 0.2) is 5.03 Å². The normalized spacial score (nSPS) is 11.4. The summed E-state index contributed by atoms with van der Waals surface area (Å²) in [4.78, 5) is 24.2. The minimum absolute atomic E-state index is 0.00975. The summed E-state index contributed by atoms with van der Waals surface area (Å²) in [6.45, 7) is 7.94. The number of amides is 3. The Labute approximate surface area is 170 Å². The maximum atomic E-state index is 12.5. The molecule has 1 heterocycles. The van der Waals surface area contributed by atoms with Crippen LogP contribution >= 0.6 is 0 Å². The van der Waals surface area contributed by atoms with Gasteiger partial charge in [-0.3, -0.25) is 4.79 Å². The summed E-state index contributed by atoms with van der Waals surface area (Å²) in [5.74, 6) is -0.278. The van der Waals surface area contributed by atoms with E-state index >= 15 is 0 Å². The van der Waals surface area contributed by atoms with Gasteiger partial charge in [0.25, 0.3) is 15.9 Å². The summed E-state index contributed by atoms with van der Waals surface area (Å²) >= 11 is 0. The third-order valence-corrected chi connectivity index (χ3v) is 5.44. The number of nitrogens with one attached hydrogen (secondary N) is 3. The number of hydrogen-bond acceptors (Lipinski definition) is 6. The van der Waals surface area contributed by atoms with Gasteiger partial charge in [0.2, 0.25) is 0 Å². The monoisotopic (exact) mass is 419 g/mol. The van der Waals surface area contributed by atoms with Gasteiger partial charge in [-0.1, -0.05) is 45.9 Å². The molecule has 29 heavy (non-hydrogen) atoms. The number of aromatic nitrogens is 2. The summed E-state index contributed by atoms with van der Waals surface area (Å²) in [6.07, 6.45) is 1.13. The molecule has 0 fully saturated rings. The molecule has 1 aromatic carbocycles. The summed E-state index contributed by atoms with van der Waals surface area (Å²) in [7, 11) is -2.92. The molecule has 1 aromatic heterocycles. The molecular formula is C19H25N5O4S. The van der Waals surface area contributed by atoms with Crippen LogP contribution in [0, 0.1) is 0 Å². The number of para-hydroxylation sites is 1. The van der Waals surface area contributed by atoms with Crippen LogP contribution in [0.5, 0.6) is 0 Å². The molecule has 0 bridgehead atoms. The Morgan fingerprint density at radius 2 is 1.62 bits per heavy atom. The highest BCUT2D eigenvalue weighted by atomic mass is 32.2. The molecule has 9 nitrogen and oxygen atoms in total. The predicted octanol–water partition coefficient (Wildman–Crippen LogP) is 2.59. The van der Waals surface area contributed by atoms with Gasteiger partial charge < -0.3 is 10.6 Å². The second-order valence-electron chi connectivity index (χ2n) is 7.04. The van der Waals surface area contributed by atoms with Crippen LogP contribution in [0.4, 0.5) is 10.5 Å². The molecule has 0 aliphatic rings. The highest BCUT2D eigenvalue weighted by molar-refractivity contribution is 7.90. The molecule has 3 N–H and O–H groups in total. The zero-order valence-corrected chi connectivity index (χ0v) is 17.8. The van der Waals surface area contributed by atoms with E-state index in [0.29, 0.717) is 5.69 Å². The highest BCUT2D eigenvalue weighted by Gasteiger charge is 2.23. The van der Waals surface area contributed by atoms with Crippen LogP contribution in [0.2, 0.25) is 0 Å². The largest absolute Gasteiger partial charge is 0.355 e. The van der Waals surface area contributed by atoms with E-state index in [0.717, 1.165) is 23.4 Å². The van der Waals surface area contributed by atoms with Gasteiger partial charge >= 0.3 is 6.03 Å². The summed E-state index contributed by atoms with van der Waals surface area (Å²) in [5.41, 5.74) is 2.38. The number of hydrogen-bond donors (Lipinski definition) is 3. The Morgan fingerprint density at radius 3 is 2.14 bits per heavy atom. The van der Waals surface area contributed by atoms with E-state index in [4.69, 9.17) is 0 Å². The van der Waals surface area contributed by atoms with Crippen molar-refractivity contribution in [1.29, 1.82) is 0 Å². The minimum Gasteiger partial charge on any atom is -0.355 e. The van der Waals surface area contributed by atoms with Gasteiger partial charge in [0.05, 0.1) is 11.8 Å². The van der Waals surface area contributed by atoms with E-state index in [9.17, 15) is 18.0 Å². The molecule has 0 saturated heterocycles. The zero-order chi connectivity index (χ0) is 21.8. The SMILES string of the molecule is CNC(=O)c1cnnc(S(=O)(=O)NC(=O)Nc2c(C(C)C)cccc2C(C)C)c1. The molecule has 0 radical (unpaired) electrons. The van der Waals surface area contributed by atoms with Gasteiger partial charge in [-0.05, 0) is 29.0 Å². The lowest BCUT2D eigenvalue weighted by Crippen LogP contribution is -2.35. The zero-order valence-electron chi connectivity index (χ0n) is 17.0. The smallest absolute Gasteiger partial charge is 0.333 e. The Bertz CT molecular complexity index is 993. The van der Waals surface area contributed by atoms with Crippen molar-refractivity contribution in [3.63, 3.8) is 0 Å². The molecule has 0 aliphatic carbocycles. The molecule has 2 aromatic rings. The second-order valence-corrected chi connectivity index (χ2v) is 8.67. The van der Waals surface area contributed by atoms with Crippen LogP contribution < -0.4 is 15.4 Å². The topological polar surface area (TPSA) is 130 Å². The molecule has 0 saturated carbocycles. The van der Waals surface area contributed by atoms with Gasteiger partial charge in [-0.2, -0.15) is 13.5 Å². The van der Waals surface area contributed by atoms with Crippen molar-refractivity contribution in [1.82, 2.24) is 20.2 Å². The lowest BCUT2D eigenvalue weighted by Gasteiger charge is -2.20. The molecule has 2 rings (SSSR count). The van der Waals surface area contributed by atoms with Crippen molar-refractivity contribution < 1.29 is 18.0 Å². The van der Waals surface area contributed by atoms with Crippen LogP contribution in [-0.2, 0) is 10.0 Å². The number of anilines is 1. The van der Waals surface area contributed by atoms with E-state index < -0.39 is 27.0 Å². The first-order valence-corrected chi connectivity index (χ1v) is 10.6. The molecule has 0 unspecified atom stereocenters. The Morgan fingerprint density at radius 1 is 1.03 bits per heavy atom. The van der Waals surface area contributed by atoms with E-state index in [1.807, 2.05) is 50.6 Å². The second kappa shape index (κ2) is 8.99. The first kappa shape index (κ1) is 22.3. The van der Waals surface area contributed by atoms with Gasteiger partial charge in [-0.15, -0.1) is 5.10 Å². The number of urea groups is 1. The number of sulfonamides is 1. The number of carbonyl (C=O) groups excluding carboxylic acids is 2. The van der Waals surface area contributed by atoms with Gasteiger partial charge in [0.1, 0.15) is 0 Å². The summed E-state index contributed by atoms with van der Waals surface area (Å²) in [5, 5.41) is 11.5. The Hall–Kier alpha value is -3.01. The molecule has 10 heteroatoms. The third kappa shape index (κ3) is 5.29. The molecule has 3 amide bonds. The molecule has 0 atom stereocenters. The molecular weight excluding hydrogens is 394 g/mol. The highest BCUT2D eigenvalue weighted by Crippen LogP contribution is 2.32. The van der Waals surface area contributed by atoms with Crippen LogP contribution in [0.1, 0.15) is 61.0 Å². The van der Waals surface area contributed by atoms with Crippen LogP contribution in [0.25, 0.3) is 0 Å². The summed E-state index contributed by atoms with van der Waals surface area (Å²) in [6, 6.07) is 5.80. The molecule has 0 spiro atoms. The van der Waals surface area contributed by atoms with Crippen molar-refractivity contribution in [2.24, 2.45) is 0 Å². The average molecular weight is 420 g/mol. The maximum absolute atomic E-state index is 12.5. The lowest BCUT2D eigenvalue weighted by molar-refractivity contribution is 0.0962. The lowest BCUT2D eigenvalue weighted by atomic mass is 9.93. The van der Waals surface area contributed by atoms with E-state index in [-0.39, 0.29) is 17.4 Å². The Balaban J connectivity index is 2.31. The van der Waals surface area contributed by atoms with Crippen molar-refractivity contribution in [2.75, 3.05) is 12.4 Å². The van der Waals surface area contributed by atoms with E-state index in [1.54, 1.807) is 0 Å². The standard InChI is InChI=1S/C19H25N5O4S/c1-11(2)14-7-6-8-15(12(3)4)17(14)22-19(26)24-29(27,28)16-9-13(10-21-23-16)18(25)20-5/h6-12H,1-5H3,(H,20,25)(H2,22,24,26).